The molecule has 4 heteroatoms. The molecule has 0 aliphatic heterocycles. The van der Waals surface area contributed by atoms with Crippen molar-refractivity contribution in [3.05, 3.63) is 24.0 Å². The smallest absolute Gasteiger partial charge is 0.269 e. The standard InChI is InChI=1S/C17H29N3O/c1-5-11-20(12-6-2)15-7-8-16(19-13-15)17(21)18-10-9-14(3)4/h7-8,13-14H,5-6,9-12H2,1-4H3,(H,18,21). The van der Waals surface area contributed by atoms with Gasteiger partial charge in [-0.05, 0) is 37.3 Å². The van der Waals surface area contributed by atoms with E-state index < -0.39 is 0 Å². The van der Waals surface area contributed by atoms with Gasteiger partial charge in [-0.3, -0.25) is 4.79 Å². The summed E-state index contributed by atoms with van der Waals surface area (Å²) in [5.74, 6) is 0.511. The van der Waals surface area contributed by atoms with Gasteiger partial charge in [-0.15, -0.1) is 0 Å². The summed E-state index contributed by atoms with van der Waals surface area (Å²) in [4.78, 5) is 18.6. The van der Waals surface area contributed by atoms with Gasteiger partial charge in [0.25, 0.3) is 5.91 Å². The Kier molecular flexibility index (Phi) is 7.80. The fourth-order valence-corrected chi connectivity index (χ4v) is 2.18. The molecule has 0 spiro atoms. The van der Waals surface area contributed by atoms with E-state index in [-0.39, 0.29) is 5.91 Å². The van der Waals surface area contributed by atoms with Crippen molar-refractivity contribution in [2.75, 3.05) is 24.5 Å². The molecule has 1 heterocycles. The first-order valence-electron chi connectivity index (χ1n) is 8.07. The van der Waals surface area contributed by atoms with Gasteiger partial charge >= 0.3 is 0 Å². The second-order valence-electron chi connectivity index (χ2n) is 5.83. The zero-order valence-electron chi connectivity index (χ0n) is 13.9. The minimum absolute atomic E-state index is 0.0836. The number of hydrogen-bond acceptors (Lipinski definition) is 3. The predicted molar refractivity (Wildman–Crippen MR) is 88.8 cm³/mol. The molecule has 1 aromatic heterocycles. The lowest BCUT2D eigenvalue weighted by Gasteiger charge is -2.23. The fourth-order valence-electron chi connectivity index (χ4n) is 2.18. The predicted octanol–water partition coefficient (Wildman–Crippen LogP) is 3.48. The van der Waals surface area contributed by atoms with Crippen LogP contribution in [0.5, 0.6) is 0 Å². The van der Waals surface area contributed by atoms with Gasteiger partial charge in [0.1, 0.15) is 5.69 Å². The van der Waals surface area contributed by atoms with Crippen molar-refractivity contribution in [3.63, 3.8) is 0 Å². The first kappa shape index (κ1) is 17.5. The molecule has 0 saturated carbocycles. The second kappa shape index (κ2) is 9.37. The molecule has 0 aromatic carbocycles. The third-order valence-electron chi connectivity index (χ3n) is 3.34. The highest BCUT2D eigenvalue weighted by atomic mass is 16.1. The SMILES string of the molecule is CCCN(CCC)c1ccc(C(=O)NCCC(C)C)nc1. The van der Waals surface area contributed by atoms with E-state index in [0.717, 1.165) is 38.0 Å². The Bertz CT molecular complexity index is 409. The number of carbonyl (C=O) groups is 1. The van der Waals surface area contributed by atoms with Gasteiger partial charge in [0.15, 0.2) is 0 Å². The number of hydrogen-bond donors (Lipinski definition) is 1. The zero-order valence-corrected chi connectivity index (χ0v) is 13.9. The Morgan fingerprint density at radius 3 is 2.38 bits per heavy atom. The summed E-state index contributed by atoms with van der Waals surface area (Å²) in [6, 6.07) is 3.81. The maximum absolute atomic E-state index is 12.0. The van der Waals surface area contributed by atoms with Gasteiger partial charge in [0.05, 0.1) is 11.9 Å². The zero-order chi connectivity index (χ0) is 15.7. The van der Waals surface area contributed by atoms with E-state index >= 15 is 0 Å². The van der Waals surface area contributed by atoms with Crippen LogP contribution in [-0.2, 0) is 0 Å². The Morgan fingerprint density at radius 2 is 1.90 bits per heavy atom. The van der Waals surface area contributed by atoms with E-state index in [1.54, 1.807) is 0 Å². The Morgan fingerprint density at radius 1 is 1.24 bits per heavy atom. The lowest BCUT2D eigenvalue weighted by molar-refractivity contribution is 0.0947. The van der Waals surface area contributed by atoms with Crippen molar-refractivity contribution in [2.45, 2.75) is 47.0 Å². The largest absolute Gasteiger partial charge is 0.370 e. The number of nitrogens with one attached hydrogen (secondary N) is 1. The van der Waals surface area contributed by atoms with Crippen LogP contribution < -0.4 is 10.2 Å². The third-order valence-corrected chi connectivity index (χ3v) is 3.34. The van der Waals surface area contributed by atoms with Crippen LogP contribution in [0.2, 0.25) is 0 Å². The first-order valence-corrected chi connectivity index (χ1v) is 8.07. The number of anilines is 1. The van der Waals surface area contributed by atoms with Crippen LogP contribution in [0.1, 0.15) is 57.4 Å². The molecule has 0 fully saturated rings. The molecule has 4 nitrogen and oxygen atoms in total. The molecule has 0 atom stereocenters. The third kappa shape index (κ3) is 6.15. The monoisotopic (exact) mass is 291 g/mol. The number of pyridine rings is 1. The molecule has 118 valence electrons. The van der Waals surface area contributed by atoms with E-state index in [9.17, 15) is 4.79 Å². The molecule has 1 amide bonds. The van der Waals surface area contributed by atoms with E-state index in [2.05, 4.69) is 42.9 Å². The highest BCUT2D eigenvalue weighted by Gasteiger charge is 2.09. The van der Waals surface area contributed by atoms with Crippen LogP contribution in [0, 0.1) is 5.92 Å². The number of amides is 1. The highest BCUT2D eigenvalue weighted by Crippen LogP contribution is 2.14. The van der Waals surface area contributed by atoms with Gasteiger partial charge in [-0.25, -0.2) is 4.98 Å². The Labute approximate surface area is 129 Å². The summed E-state index contributed by atoms with van der Waals surface area (Å²) in [6.07, 6.45) is 5.02. The molecule has 0 bridgehead atoms. The summed E-state index contributed by atoms with van der Waals surface area (Å²) in [5, 5.41) is 2.91. The quantitative estimate of drug-likeness (QED) is 0.757. The molecule has 0 unspecified atom stereocenters. The van der Waals surface area contributed by atoms with Crippen molar-refractivity contribution in [1.29, 1.82) is 0 Å². The molecule has 0 aliphatic rings. The van der Waals surface area contributed by atoms with Crippen molar-refractivity contribution in [2.24, 2.45) is 5.92 Å². The molecule has 21 heavy (non-hydrogen) atoms. The molecular weight excluding hydrogens is 262 g/mol. The van der Waals surface area contributed by atoms with Crippen LogP contribution in [0.15, 0.2) is 18.3 Å². The van der Waals surface area contributed by atoms with Gasteiger partial charge < -0.3 is 10.2 Å². The van der Waals surface area contributed by atoms with Crippen molar-refractivity contribution < 1.29 is 4.79 Å². The average Bonchev–Trinajstić information content (AvgIpc) is 2.47. The lowest BCUT2D eigenvalue weighted by atomic mass is 10.1. The van der Waals surface area contributed by atoms with Crippen LogP contribution >= 0.6 is 0 Å². The lowest BCUT2D eigenvalue weighted by Crippen LogP contribution is -2.27. The minimum atomic E-state index is -0.0836. The summed E-state index contributed by atoms with van der Waals surface area (Å²) >= 11 is 0. The molecule has 1 rings (SSSR count). The van der Waals surface area contributed by atoms with Crippen molar-refractivity contribution >= 4 is 11.6 Å². The molecule has 0 radical (unpaired) electrons. The number of rotatable bonds is 9. The van der Waals surface area contributed by atoms with Crippen molar-refractivity contribution in [1.82, 2.24) is 10.3 Å². The summed E-state index contributed by atoms with van der Waals surface area (Å²) in [6.45, 7) is 11.4. The van der Waals surface area contributed by atoms with E-state index in [1.165, 1.54) is 0 Å². The van der Waals surface area contributed by atoms with Gasteiger partial charge in [0, 0.05) is 19.6 Å². The van der Waals surface area contributed by atoms with E-state index in [1.807, 2.05) is 18.3 Å². The van der Waals surface area contributed by atoms with E-state index in [4.69, 9.17) is 0 Å². The second-order valence-corrected chi connectivity index (χ2v) is 5.83. The Hall–Kier alpha value is -1.58. The summed E-state index contributed by atoms with van der Waals surface area (Å²) in [7, 11) is 0. The molecular formula is C17H29N3O. The van der Waals surface area contributed by atoms with Crippen LogP contribution in [0.3, 0.4) is 0 Å². The van der Waals surface area contributed by atoms with Gasteiger partial charge in [0.2, 0.25) is 0 Å². The number of carbonyl (C=O) groups excluding carboxylic acids is 1. The summed E-state index contributed by atoms with van der Waals surface area (Å²) in [5.41, 5.74) is 1.59. The average molecular weight is 291 g/mol. The highest BCUT2D eigenvalue weighted by molar-refractivity contribution is 5.92. The number of nitrogens with zero attached hydrogens (tertiary/aromatic N) is 2. The summed E-state index contributed by atoms with van der Waals surface area (Å²) < 4.78 is 0. The van der Waals surface area contributed by atoms with Crippen LogP contribution in [-0.4, -0.2) is 30.5 Å². The normalized spacial score (nSPS) is 10.7. The minimum Gasteiger partial charge on any atom is -0.370 e. The molecule has 1 N–H and O–H groups in total. The van der Waals surface area contributed by atoms with Crippen LogP contribution in [0.25, 0.3) is 0 Å². The van der Waals surface area contributed by atoms with Gasteiger partial charge in [-0.1, -0.05) is 27.7 Å². The maximum atomic E-state index is 12.0. The molecule has 1 aromatic rings. The Balaban J connectivity index is 2.61. The topological polar surface area (TPSA) is 45.2 Å². The molecule has 0 saturated heterocycles. The van der Waals surface area contributed by atoms with Crippen molar-refractivity contribution in [3.8, 4) is 0 Å². The fraction of sp³-hybridized carbons (Fsp3) is 0.647. The first-order chi connectivity index (χ1) is 10.1. The van der Waals surface area contributed by atoms with Gasteiger partial charge in [-0.2, -0.15) is 0 Å². The van der Waals surface area contributed by atoms with Crippen LogP contribution in [0.4, 0.5) is 5.69 Å². The van der Waals surface area contributed by atoms with E-state index in [0.29, 0.717) is 18.2 Å². The number of aromatic nitrogens is 1. The molecule has 0 aliphatic carbocycles. The maximum Gasteiger partial charge on any atom is 0.269 e.